The SMILES string of the molecule is CC(C)(C)OC(=O)N1CCC(N(C(=O)c2cnc(-c3ccc(S)cc3)nc2)C2CC2)CC1. The van der Waals surface area contributed by atoms with E-state index in [-0.39, 0.29) is 24.1 Å². The molecule has 1 aromatic heterocycles. The highest BCUT2D eigenvalue weighted by atomic mass is 32.1. The van der Waals surface area contributed by atoms with Crippen LogP contribution < -0.4 is 0 Å². The van der Waals surface area contributed by atoms with Gasteiger partial charge in [-0.15, -0.1) is 12.6 Å². The zero-order valence-corrected chi connectivity index (χ0v) is 19.7. The maximum Gasteiger partial charge on any atom is 0.410 e. The molecular weight excluding hydrogens is 424 g/mol. The first-order valence-corrected chi connectivity index (χ1v) is 11.6. The predicted molar refractivity (Wildman–Crippen MR) is 125 cm³/mol. The van der Waals surface area contributed by atoms with Gasteiger partial charge < -0.3 is 14.5 Å². The molecule has 0 unspecified atom stereocenters. The summed E-state index contributed by atoms with van der Waals surface area (Å²) >= 11 is 4.30. The zero-order valence-electron chi connectivity index (χ0n) is 18.8. The van der Waals surface area contributed by atoms with E-state index in [4.69, 9.17) is 4.74 Å². The summed E-state index contributed by atoms with van der Waals surface area (Å²) in [7, 11) is 0. The Balaban J connectivity index is 1.42. The van der Waals surface area contributed by atoms with Crippen LogP contribution in [0.25, 0.3) is 11.4 Å². The number of carbonyl (C=O) groups is 2. The number of likely N-dealkylation sites (tertiary alicyclic amines) is 1. The van der Waals surface area contributed by atoms with E-state index in [0.29, 0.717) is 24.5 Å². The molecule has 0 spiro atoms. The Morgan fingerprint density at radius 3 is 2.09 bits per heavy atom. The molecule has 2 aromatic rings. The largest absolute Gasteiger partial charge is 0.444 e. The molecule has 2 aliphatic rings. The Morgan fingerprint density at radius 1 is 1.00 bits per heavy atom. The number of ether oxygens (including phenoxy) is 1. The van der Waals surface area contributed by atoms with Crippen molar-refractivity contribution in [1.29, 1.82) is 0 Å². The van der Waals surface area contributed by atoms with E-state index in [1.807, 2.05) is 49.9 Å². The molecule has 0 radical (unpaired) electrons. The van der Waals surface area contributed by atoms with E-state index in [1.165, 1.54) is 0 Å². The van der Waals surface area contributed by atoms with Crippen molar-refractivity contribution < 1.29 is 14.3 Å². The summed E-state index contributed by atoms with van der Waals surface area (Å²) < 4.78 is 5.49. The first-order valence-electron chi connectivity index (χ1n) is 11.1. The number of piperidine rings is 1. The Hall–Kier alpha value is -2.61. The van der Waals surface area contributed by atoms with Crippen molar-refractivity contribution in [2.45, 2.75) is 69.0 Å². The number of thiol groups is 1. The van der Waals surface area contributed by atoms with Crippen LogP contribution in [0, 0.1) is 0 Å². The number of hydrogen-bond acceptors (Lipinski definition) is 6. The average molecular weight is 455 g/mol. The topological polar surface area (TPSA) is 75.6 Å². The van der Waals surface area contributed by atoms with Crippen LogP contribution in [0.15, 0.2) is 41.6 Å². The molecule has 1 aliphatic heterocycles. The van der Waals surface area contributed by atoms with E-state index < -0.39 is 5.60 Å². The van der Waals surface area contributed by atoms with Crippen molar-refractivity contribution >= 4 is 24.6 Å². The summed E-state index contributed by atoms with van der Waals surface area (Å²) in [6.07, 6.45) is 6.48. The standard InChI is InChI=1S/C24H30N4O3S/c1-24(2,3)31-23(30)27-12-10-19(11-13-27)28(18-6-7-18)22(29)17-14-25-21(26-15-17)16-4-8-20(32)9-5-16/h4-5,8-9,14-15,18-19,32H,6-7,10-13H2,1-3H3. The van der Waals surface area contributed by atoms with Crippen LogP contribution in [0.2, 0.25) is 0 Å². The molecular formula is C24H30N4O3S. The summed E-state index contributed by atoms with van der Waals surface area (Å²) in [6.45, 7) is 6.79. The molecule has 1 saturated carbocycles. The van der Waals surface area contributed by atoms with Gasteiger partial charge in [-0.1, -0.05) is 12.1 Å². The monoisotopic (exact) mass is 454 g/mol. The number of rotatable bonds is 4. The second-order valence-electron chi connectivity index (χ2n) is 9.48. The molecule has 0 N–H and O–H groups in total. The molecule has 4 rings (SSSR count). The Kier molecular flexibility index (Phi) is 6.42. The lowest BCUT2D eigenvalue weighted by Crippen LogP contribution is -2.50. The minimum Gasteiger partial charge on any atom is -0.444 e. The molecule has 2 amide bonds. The third kappa shape index (κ3) is 5.41. The third-order valence-corrected chi connectivity index (χ3v) is 6.01. The lowest BCUT2D eigenvalue weighted by molar-refractivity contribution is 0.0142. The van der Waals surface area contributed by atoms with Crippen LogP contribution in [0.1, 0.15) is 56.8 Å². The van der Waals surface area contributed by atoms with E-state index in [1.54, 1.807) is 17.3 Å². The maximum atomic E-state index is 13.4. The van der Waals surface area contributed by atoms with Gasteiger partial charge in [0.1, 0.15) is 5.60 Å². The molecule has 1 aromatic carbocycles. The van der Waals surface area contributed by atoms with Crippen LogP contribution >= 0.6 is 12.6 Å². The molecule has 7 nitrogen and oxygen atoms in total. The van der Waals surface area contributed by atoms with E-state index >= 15 is 0 Å². The molecule has 1 saturated heterocycles. The molecule has 0 bridgehead atoms. The minimum absolute atomic E-state index is 0.0273. The van der Waals surface area contributed by atoms with Crippen LogP contribution in [0.3, 0.4) is 0 Å². The first-order chi connectivity index (χ1) is 15.2. The number of aromatic nitrogens is 2. The summed E-state index contributed by atoms with van der Waals surface area (Å²) in [4.78, 5) is 39.2. The normalized spacial score (nSPS) is 17.2. The molecule has 170 valence electrons. The highest BCUT2D eigenvalue weighted by Gasteiger charge is 2.40. The quantitative estimate of drug-likeness (QED) is 0.692. The first kappa shape index (κ1) is 22.6. The van der Waals surface area contributed by atoms with Crippen LogP contribution in [-0.4, -0.2) is 62.5 Å². The Bertz CT molecular complexity index is 960. The zero-order chi connectivity index (χ0) is 22.9. The van der Waals surface area contributed by atoms with Gasteiger partial charge in [0.2, 0.25) is 0 Å². The van der Waals surface area contributed by atoms with Crippen molar-refractivity contribution in [1.82, 2.24) is 19.8 Å². The number of hydrogen-bond donors (Lipinski definition) is 1. The van der Waals surface area contributed by atoms with Crippen molar-refractivity contribution in [3.63, 3.8) is 0 Å². The summed E-state index contributed by atoms with van der Waals surface area (Å²) in [5.74, 6) is 0.555. The van der Waals surface area contributed by atoms with Crippen LogP contribution in [-0.2, 0) is 4.74 Å². The smallest absolute Gasteiger partial charge is 0.410 e. The highest BCUT2D eigenvalue weighted by molar-refractivity contribution is 7.80. The van der Waals surface area contributed by atoms with Crippen molar-refractivity contribution in [3.05, 3.63) is 42.2 Å². The van der Waals surface area contributed by atoms with Gasteiger partial charge in [-0.2, -0.15) is 0 Å². The van der Waals surface area contributed by atoms with Gasteiger partial charge in [0, 0.05) is 48.0 Å². The third-order valence-electron chi connectivity index (χ3n) is 5.71. The van der Waals surface area contributed by atoms with E-state index in [0.717, 1.165) is 36.1 Å². The molecule has 32 heavy (non-hydrogen) atoms. The number of nitrogens with zero attached hydrogens (tertiary/aromatic N) is 4. The fraction of sp³-hybridized carbons (Fsp3) is 0.500. The molecule has 1 aliphatic carbocycles. The van der Waals surface area contributed by atoms with Crippen molar-refractivity contribution in [2.75, 3.05) is 13.1 Å². The Labute approximate surface area is 194 Å². The number of carbonyl (C=O) groups excluding carboxylic acids is 2. The second kappa shape index (κ2) is 9.10. The number of amides is 2. The lowest BCUT2D eigenvalue weighted by atomic mass is 10.0. The second-order valence-corrected chi connectivity index (χ2v) is 10.0. The lowest BCUT2D eigenvalue weighted by Gasteiger charge is -2.39. The van der Waals surface area contributed by atoms with Gasteiger partial charge in [0.15, 0.2) is 5.82 Å². The summed E-state index contributed by atoms with van der Waals surface area (Å²) in [5, 5.41) is 0. The van der Waals surface area contributed by atoms with Gasteiger partial charge in [0.05, 0.1) is 5.56 Å². The van der Waals surface area contributed by atoms with Crippen molar-refractivity contribution in [3.8, 4) is 11.4 Å². The van der Waals surface area contributed by atoms with Gasteiger partial charge >= 0.3 is 6.09 Å². The van der Waals surface area contributed by atoms with Gasteiger partial charge in [-0.3, -0.25) is 4.79 Å². The fourth-order valence-corrected chi connectivity index (χ4v) is 4.13. The van der Waals surface area contributed by atoms with E-state index in [2.05, 4.69) is 22.6 Å². The van der Waals surface area contributed by atoms with Gasteiger partial charge in [-0.05, 0) is 58.6 Å². The van der Waals surface area contributed by atoms with Gasteiger partial charge in [-0.25, -0.2) is 14.8 Å². The Morgan fingerprint density at radius 2 is 1.56 bits per heavy atom. The van der Waals surface area contributed by atoms with Crippen LogP contribution in [0.4, 0.5) is 4.79 Å². The number of benzene rings is 1. The molecule has 8 heteroatoms. The average Bonchev–Trinajstić information content (AvgIpc) is 3.59. The fourth-order valence-electron chi connectivity index (χ4n) is 3.98. The van der Waals surface area contributed by atoms with Crippen LogP contribution in [0.5, 0.6) is 0 Å². The van der Waals surface area contributed by atoms with E-state index in [9.17, 15) is 9.59 Å². The van der Waals surface area contributed by atoms with Gasteiger partial charge in [0.25, 0.3) is 5.91 Å². The minimum atomic E-state index is -0.509. The predicted octanol–water partition coefficient (Wildman–Crippen LogP) is 4.44. The molecule has 0 atom stereocenters. The highest BCUT2D eigenvalue weighted by Crippen LogP contribution is 2.33. The molecule has 2 heterocycles. The summed E-state index contributed by atoms with van der Waals surface area (Å²) in [6, 6.07) is 7.97. The van der Waals surface area contributed by atoms with Crippen molar-refractivity contribution in [2.24, 2.45) is 0 Å². The maximum absolute atomic E-state index is 13.4. The summed E-state index contributed by atoms with van der Waals surface area (Å²) in [5.41, 5.74) is 0.877. The molecule has 2 fully saturated rings.